The predicted octanol–water partition coefficient (Wildman–Crippen LogP) is 0.902. The van der Waals surface area contributed by atoms with E-state index in [1.807, 2.05) is 13.8 Å². The van der Waals surface area contributed by atoms with Gasteiger partial charge in [0.15, 0.2) is 0 Å². The summed E-state index contributed by atoms with van der Waals surface area (Å²) in [5.74, 6) is 0. The maximum atomic E-state index is 3.75. The van der Waals surface area contributed by atoms with Crippen LogP contribution in [0.5, 0.6) is 0 Å². The van der Waals surface area contributed by atoms with E-state index in [-0.39, 0.29) is 0 Å². The average molecular weight is 110 g/mol. The smallest absolute Gasteiger partial charge is 0.0514 e. The highest BCUT2D eigenvalue weighted by atomic mass is 15.4. The maximum Gasteiger partial charge on any atom is 0.0514 e. The molecule has 0 aromatic heterocycles. The minimum Gasteiger partial charge on any atom is -0.305 e. The molecule has 1 rings (SSSR count). The Bertz CT molecular complexity index is 156. The zero-order valence-corrected chi connectivity index (χ0v) is 5.21. The molecule has 1 aliphatic rings. The highest BCUT2D eigenvalue weighted by Gasteiger charge is 2.06. The fourth-order valence-electron chi connectivity index (χ4n) is 0.583. The van der Waals surface area contributed by atoms with E-state index in [1.54, 1.807) is 0 Å². The van der Waals surface area contributed by atoms with Gasteiger partial charge < -0.3 is 10.9 Å². The minimum atomic E-state index is 0.975. The van der Waals surface area contributed by atoms with Crippen molar-refractivity contribution in [2.24, 2.45) is 0 Å². The van der Waals surface area contributed by atoms with Crippen molar-refractivity contribution in [2.75, 3.05) is 0 Å². The summed E-state index contributed by atoms with van der Waals surface area (Å²) in [6.07, 6.45) is 0. The molecule has 0 aliphatic carbocycles. The van der Waals surface area contributed by atoms with Crippen molar-refractivity contribution < 1.29 is 0 Å². The van der Waals surface area contributed by atoms with Crippen molar-refractivity contribution in [1.29, 1.82) is 0 Å². The van der Waals surface area contributed by atoms with Crippen LogP contribution in [0.2, 0.25) is 0 Å². The Morgan fingerprint density at radius 2 is 1.88 bits per heavy atom. The SMILES string of the molecule is C=C1NNC(C)=C1C. The van der Waals surface area contributed by atoms with Gasteiger partial charge in [-0.1, -0.05) is 6.58 Å². The molecule has 0 spiro atoms. The summed E-state index contributed by atoms with van der Waals surface area (Å²) in [5.41, 5.74) is 9.20. The Hall–Kier alpha value is -0.920. The summed E-state index contributed by atoms with van der Waals surface area (Å²) < 4.78 is 0. The third-order valence-corrected chi connectivity index (χ3v) is 1.42. The van der Waals surface area contributed by atoms with Gasteiger partial charge in [0, 0.05) is 5.70 Å². The first-order chi connectivity index (χ1) is 3.72. The van der Waals surface area contributed by atoms with E-state index in [2.05, 4.69) is 17.4 Å². The van der Waals surface area contributed by atoms with Crippen LogP contribution >= 0.6 is 0 Å². The standard InChI is InChI=1S/C6H10N2/c1-4-5(2)7-8-6(4)3/h7-8H,2H2,1,3H3. The van der Waals surface area contributed by atoms with Gasteiger partial charge in [-0.05, 0) is 19.4 Å². The second-order valence-corrected chi connectivity index (χ2v) is 1.98. The first kappa shape index (κ1) is 5.22. The lowest BCUT2D eigenvalue weighted by Gasteiger charge is -1.95. The minimum absolute atomic E-state index is 0.975. The maximum absolute atomic E-state index is 3.75. The van der Waals surface area contributed by atoms with E-state index in [9.17, 15) is 0 Å². The number of allylic oxidation sites excluding steroid dienone is 2. The molecule has 1 heterocycles. The van der Waals surface area contributed by atoms with Crippen LogP contribution in [0.25, 0.3) is 0 Å². The lowest BCUT2D eigenvalue weighted by atomic mass is 10.2. The van der Waals surface area contributed by atoms with Gasteiger partial charge in [0.1, 0.15) is 0 Å². The van der Waals surface area contributed by atoms with Gasteiger partial charge in [-0.3, -0.25) is 0 Å². The summed E-state index contributed by atoms with van der Waals surface area (Å²) in [6.45, 7) is 7.80. The van der Waals surface area contributed by atoms with Gasteiger partial charge in [0.25, 0.3) is 0 Å². The van der Waals surface area contributed by atoms with Crippen LogP contribution in [-0.4, -0.2) is 0 Å². The Morgan fingerprint density at radius 3 is 2.00 bits per heavy atom. The summed E-state index contributed by atoms with van der Waals surface area (Å²) in [4.78, 5) is 0. The zero-order valence-electron chi connectivity index (χ0n) is 5.21. The fraction of sp³-hybridized carbons (Fsp3) is 0.333. The van der Waals surface area contributed by atoms with Crippen LogP contribution in [0, 0.1) is 0 Å². The van der Waals surface area contributed by atoms with Gasteiger partial charge >= 0.3 is 0 Å². The number of rotatable bonds is 0. The van der Waals surface area contributed by atoms with Crippen molar-refractivity contribution in [2.45, 2.75) is 13.8 Å². The molecule has 1 aliphatic heterocycles. The van der Waals surface area contributed by atoms with Crippen molar-refractivity contribution in [3.8, 4) is 0 Å². The molecule has 0 amide bonds. The van der Waals surface area contributed by atoms with Crippen LogP contribution in [0.4, 0.5) is 0 Å². The van der Waals surface area contributed by atoms with E-state index >= 15 is 0 Å². The molecule has 0 saturated heterocycles. The second-order valence-electron chi connectivity index (χ2n) is 1.98. The molecule has 8 heavy (non-hydrogen) atoms. The van der Waals surface area contributed by atoms with E-state index in [1.165, 1.54) is 5.57 Å². The molecule has 0 atom stereocenters. The second kappa shape index (κ2) is 1.54. The third kappa shape index (κ3) is 0.579. The molecule has 0 aromatic rings. The first-order valence-corrected chi connectivity index (χ1v) is 2.60. The third-order valence-electron chi connectivity index (χ3n) is 1.42. The van der Waals surface area contributed by atoms with Gasteiger partial charge in [-0.15, -0.1) is 0 Å². The summed E-state index contributed by atoms with van der Waals surface area (Å²) in [6, 6.07) is 0. The van der Waals surface area contributed by atoms with Crippen LogP contribution in [0.15, 0.2) is 23.5 Å². The number of hydrogen-bond donors (Lipinski definition) is 2. The quantitative estimate of drug-likeness (QED) is 0.484. The number of hydrogen-bond acceptors (Lipinski definition) is 2. The van der Waals surface area contributed by atoms with Crippen LogP contribution in [-0.2, 0) is 0 Å². The first-order valence-electron chi connectivity index (χ1n) is 2.60. The van der Waals surface area contributed by atoms with Crippen molar-refractivity contribution in [3.63, 3.8) is 0 Å². The fourth-order valence-corrected chi connectivity index (χ4v) is 0.583. The molecule has 0 unspecified atom stereocenters. The molecule has 0 bridgehead atoms. The topological polar surface area (TPSA) is 24.1 Å². The summed E-state index contributed by atoms with van der Waals surface area (Å²) in [7, 11) is 0. The highest BCUT2D eigenvalue weighted by Crippen LogP contribution is 2.11. The monoisotopic (exact) mass is 110 g/mol. The van der Waals surface area contributed by atoms with E-state index < -0.39 is 0 Å². The zero-order chi connectivity index (χ0) is 6.15. The molecule has 2 N–H and O–H groups in total. The number of nitrogens with one attached hydrogen (secondary N) is 2. The Morgan fingerprint density at radius 1 is 1.25 bits per heavy atom. The molecule has 44 valence electrons. The molecule has 0 radical (unpaired) electrons. The van der Waals surface area contributed by atoms with E-state index in [0.29, 0.717) is 0 Å². The van der Waals surface area contributed by atoms with Crippen molar-refractivity contribution in [1.82, 2.24) is 10.9 Å². The molecule has 0 fully saturated rings. The highest BCUT2D eigenvalue weighted by molar-refractivity contribution is 5.32. The van der Waals surface area contributed by atoms with Gasteiger partial charge in [0.2, 0.25) is 0 Å². The van der Waals surface area contributed by atoms with Crippen molar-refractivity contribution >= 4 is 0 Å². The molecule has 0 saturated carbocycles. The Labute approximate surface area is 49.2 Å². The lowest BCUT2D eigenvalue weighted by molar-refractivity contribution is 0.750. The molecular weight excluding hydrogens is 100 g/mol. The molecule has 2 heteroatoms. The normalized spacial score (nSPS) is 18.5. The van der Waals surface area contributed by atoms with Gasteiger partial charge in [-0.25, -0.2) is 0 Å². The van der Waals surface area contributed by atoms with Crippen molar-refractivity contribution in [3.05, 3.63) is 23.5 Å². The summed E-state index contributed by atoms with van der Waals surface area (Å²) >= 11 is 0. The van der Waals surface area contributed by atoms with Crippen LogP contribution < -0.4 is 10.9 Å². The molecule has 0 aromatic carbocycles. The Balaban J connectivity index is 2.86. The summed E-state index contributed by atoms with van der Waals surface area (Å²) in [5, 5.41) is 0. The average Bonchev–Trinajstić information content (AvgIpc) is 1.98. The van der Waals surface area contributed by atoms with E-state index in [0.717, 1.165) is 11.4 Å². The van der Waals surface area contributed by atoms with Gasteiger partial charge in [0.05, 0.1) is 5.70 Å². The predicted molar refractivity (Wildman–Crippen MR) is 33.8 cm³/mol. The molecular formula is C6H10N2. The number of hydrazine groups is 1. The Kier molecular flexibility index (Phi) is 1.01. The van der Waals surface area contributed by atoms with Gasteiger partial charge in [-0.2, -0.15) is 0 Å². The molecule has 2 nitrogen and oxygen atoms in total. The lowest BCUT2D eigenvalue weighted by Crippen LogP contribution is -2.20. The van der Waals surface area contributed by atoms with Crippen LogP contribution in [0.1, 0.15) is 13.8 Å². The van der Waals surface area contributed by atoms with Crippen LogP contribution in [0.3, 0.4) is 0 Å². The largest absolute Gasteiger partial charge is 0.305 e. The van der Waals surface area contributed by atoms with E-state index in [4.69, 9.17) is 0 Å².